The third kappa shape index (κ3) is 5.99. The molecule has 0 radical (unpaired) electrons. The van der Waals surface area contributed by atoms with Crippen LogP contribution in [0.1, 0.15) is 24.2 Å². The first-order chi connectivity index (χ1) is 19.8. The van der Waals surface area contributed by atoms with Crippen molar-refractivity contribution in [3.05, 3.63) is 60.3 Å². The van der Waals surface area contributed by atoms with Gasteiger partial charge in [0.25, 0.3) is 5.91 Å². The van der Waals surface area contributed by atoms with Crippen molar-refractivity contribution >= 4 is 17.6 Å². The number of carbonyl (C=O) groups excluding carboxylic acids is 2. The molecule has 5 rings (SSSR count). The molecule has 3 atom stereocenters. The molecule has 0 saturated heterocycles. The Bertz CT molecular complexity index is 1410. The lowest BCUT2D eigenvalue weighted by atomic mass is 9.99. The molecular formula is C30H34N4O7. The van der Waals surface area contributed by atoms with Gasteiger partial charge in [-0.1, -0.05) is 19.1 Å². The van der Waals surface area contributed by atoms with Crippen molar-refractivity contribution in [2.75, 3.05) is 46.0 Å². The fourth-order valence-corrected chi connectivity index (χ4v) is 4.81. The largest absolute Gasteiger partial charge is 0.497 e. The highest BCUT2D eigenvalue weighted by atomic mass is 16.7. The van der Waals surface area contributed by atoms with E-state index in [1.807, 2.05) is 31.2 Å². The number of ether oxygens (including phenoxy) is 4. The molecule has 3 amide bonds. The van der Waals surface area contributed by atoms with Gasteiger partial charge in [-0.05, 0) is 42.8 Å². The van der Waals surface area contributed by atoms with Gasteiger partial charge in [0.2, 0.25) is 12.7 Å². The van der Waals surface area contributed by atoms with Crippen molar-refractivity contribution in [1.82, 2.24) is 14.8 Å². The Morgan fingerprint density at radius 3 is 2.66 bits per heavy atom. The van der Waals surface area contributed by atoms with Crippen LogP contribution in [-0.4, -0.2) is 84.6 Å². The number of urea groups is 1. The minimum absolute atomic E-state index is 0.148. The lowest BCUT2D eigenvalue weighted by Gasteiger charge is -2.37. The average molecular weight is 563 g/mol. The van der Waals surface area contributed by atoms with Gasteiger partial charge in [-0.3, -0.25) is 4.79 Å². The normalized spacial score (nSPS) is 18.5. The number of benzene rings is 2. The number of nitrogens with zero attached hydrogens (tertiary/aromatic N) is 3. The quantitative estimate of drug-likeness (QED) is 0.445. The maximum Gasteiger partial charge on any atom is 0.321 e. The molecule has 0 bridgehead atoms. The van der Waals surface area contributed by atoms with Crippen LogP contribution in [0.15, 0.2) is 54.7 Å². The maximum atomic E-state index is 13.7. The summed E-state index contributed by atoms with van der Waals surface area (Å²) >= 11 is 0. The molecule has 11 heteroatoms. The van der Waals surface area contributed by atoms with Crippen LogP contribution >= 0.6 is 0 Å². The summed E-state index contributed by atoms with van der Waals surface area (Å²) in [5.74, 6) is 1.66. The van der Waals surface area contributed by atoms with Gasteiger partial charge in [0.05, 0.1) is 26.3 Å². The molecule has 216 valence electrons. The molecule has 0 saturated carbocycles. The highest BCUT2D eigenvalue weighted by Crippen LogP contribution is 2.34. The predicted molar refractivity (Wildman–Crippen MR) is 152 cm³/mol. The van der Waals surface area contributed by atoms with Gasteiger partial charge in [0, 0.05) is 43.0 Å². The highest BCUT2D eigenvalue weighted by molar-refractivity contribution is 5.98. The number of rotatable bonds is 7. The number of aliphatic hydroxyl groups is 1. The number of anilines is 1. The monoisotopic (exact) mass is 562 g/mol. The Morgan fingerprint density at radius 2 is 1.93 bits per heavy atom. The molecule has 41 heavy (non-hydrogen) atoms. The molecule has 2 aliphatic rings. The number of fused-ring (bicyclic) bond motifs is 2. The molecule has 2 N–H and O–H groups in total. The zero-order chi connectivity index (χ0) is 29.1. The second-order valence-electron chi connectivity index (χ2n) is 10.3. The number of methoxy groups -OCH3 is 1. The highest BCUT2D eigenvalue weighted by Gasteiger charge is 2.35. The first kappa shape index (κ1) is 28.0. The first-order valence-electron chi connectivity index (χ1n) is 13.4. The van der Waals surface area contributed by atoms with E-state index in [-0.39, 0.29) is 43.7 Å². The number of amides is 3. The van der Waals surface area contributed by atoms with Crippen LogP contribution in [-0.2, 0) is 0 Å². The summed E-state index contributed by atoms with van der Waals surface area (Å²) in [6.07, 6.45) is 1.18. The summed E-state index contributed by atoms with van der Waals surface area (Å²) in [6.45, 7) is 4.27. The fourth-order valence-electron chi connectivity index (χ4n) is 4.81. The van der Waals surface area contributed by atoms with E-state index in [1.54, 1.807) is 56.4 Å². The maximum absolute atomic E-state index is 13.7. The molecule has 1 aromatic heterocycles. The number of aliphatic hydroxyl groups excluding tert-OH is 1. The topological polar surface area (TPSA) is 123 Å². The van der Waals surface area contributed by atoms with Gasteiger partial charge in [-0.2, -0.15) is 0 Å². The Kier molecular flexibility index (Phi) is 8.16. The van der Waals surface area contributed by atoms with Gasteiger partial charge in [-0.25, -0.2) is 9.78 Å². The number of likely N-dealkylation sites (N-methyl/N-ethyl adjacent to an activating group) is 1. The molecule has 3 heterocycles. The van der Waals surface area contributed by atoms with Gasteiger partial charge in [-0.15, -0.1) is 0 Å². The number of pyridine rings is 1. The van der Waals surface area contributed by atoms with Crippen molar-refractivity contribution < 1.29 is 33.6 Å². The Morgan fingerprint density at radius 1 is 1.17 bits per heavy atom. The zero-order valence-electron chi connectivity index (χ0n) is 23.5. The van der Waals surface area contributed by atoms with Gasteiger partial charge < -0.3 is 39.2 Å². The second kappa shape index (κ2) is 11.9. The molecule has 0 spiro atoms. The SMILES string of the molecule is COc1ccc(-c2cnc3c(c2)C(=O)N([C@H](C)CO)C[C@H](C)[C@H](CN(C)C(=O)Nc2ccc4c(c2)OCO4)O3)cc1. The second-order valence-corrected chi connectivity index (χ2v) is 10.3. The van der Waals surface area contributed by atoms with Gasteiger partial charge in [0.1, 0.15) is 17.4 Å². The van der Waals surface area contributed by atoms with Crippen LogP contribution in [0.25, 0.3) is 11.1 Å². The number of carbonyl (C=O) groups is 2. The predicted octanol–water partition coefficient (Wildman–Crippen LogP) is 3.87. The first-order valence-corrected chi connectivity index (χ1v) is 13.4. The number of aromatic nitrogens is 1. The van der Waals surface area contributed by atoms with Crippen molar-refractivity contribution in [3.8, 4) is 34.3 Å². The molecule has 2 aromatic carbocycles. The number of nitrogens with one attached hydrogen (secondary N) is 1. The van der Waals surface area contributed by atoms with Crippen molar-refractivity contribution in [3.63, 3.8) is 0 Å². The van der Waals surface area contributed by atoms with Crippen molar-refractivity contribution in [1.29, 1.82) is 0 Å². The van der Waals surface area contributed by atoms with Crippen LogP contribution in [0.2, 0.25) is 0 Å². The fraction of sp³-hybridized carbons (Fsp3) is 0.367. The molecule has 2 aliphatic heterocycles. The Labute approximate surface area is 238 Å². The van der Waals surface area contributed by atoms with E-state index < -0.39 is 12.1 Å². The standard InChI is InChI=1S/C30H34N4O7/c1-18-14-34(19(2)16-35)29(36)24-11-21(20-5-8-23(38-4)9-6-20)13-31-28(24)41-27(18)15-33(3)30(37)32-22-7-10-25-26(12-22)40-17-39-25/h5-13,18-19,27,35H,14-17H2,1-4H3,(H,32,37)/t18-,19+,27-/m0/s1. The third-order valence-electron chi connectivity index (χ3n) is 7.37. The van der Waals surface area contributed by atoms with Crippen LogP contribution in [0, 0.1) is 5.92 Å². The lowest BCUT2D eigenvalue weighted by Crippen LogP contribution is -2.50. The van der Waals surface area contributed by atoms with Crippen molar-refractivity contribution in [2.24, 2.45) is 5.92 Å². The minimum atomic E-state index is -0.484. The van der Waals surface area contributed by atoms with Gasteiger partial charge >= 0.3 is 6.03 Å². The summed E-state index contributed by atoms with van der Waals surface area (Å²) in [7, 11) is 3.28. The molecule has 3 aromatic rings. The summed E-state index contributed by atoms with van der Waals surface area (Å²) in [4.78, 5) is 34.5. The van der Waals surface area contributed by atoms with Crippen molar-refractivity contribution in [2.45, 2.75) is 26.0 Å². The Hall–Kier alpha value is -4.51. The average Bonchev–Trinajstić information content (AvgIpc) is 3.46. The van der Waals surface area contributed by atoms with E-state index >= 15 is 0 Å². The van der Waals surface area contributed by atoms with Crippen LogP contribution in [0.4, 0.5) is 10.5 Å². The van der Waals surface area contributed by atoms with E-state index in [0.717, 1.165) is 16.9 Å². The van der Waals surface area contributed by atoms with E-state index in [0.29, 0.717) is 29.3 Å². The smallest absolute Gasteiger partial charge is 0.321 e. The van der Waals surface area contributed by atoms with Crippen LogP contribution < -0.4 is 24.3 Å². The molecule has 0 aliphatic carbocycles. The molecular weight excluding hydrogens is 528 g/mol. The van der Waals surface area contributed by atoms with Gasteiger partial charge in [0.15, 0.2) is 11.5 Å². The van der Waals surface area contributed by atoms with Crippen LogP contribution in [0.3, 0.4) is 0 Å². The number of hydrogen-bond acceptors (Lipinski definition) is 8. The van der Waals surface area contributed by atoms with E-state index in [9.17, 15) is 14.7 Å². The molecule has 11 nitrogen and oxygen atoms in total. The molecule has 0 unspecified atom stereocenters. The lowest BCUT2D eigenvalue weighted by molar-refractivity contribution is 0.0356. The zero-order valence-corrected chi connectivity index (χ0v) is 23.5. The van der Waals surface area contributed by atoms with Crippen LogP contribution in [0.5, 0.6) is 23.1 Å². The van der Waals surface area contributed by atoms with E-state index in [2.05, 4.69) is 10.3 Å². The summed E-state index contributed by atoms with van der Waals surface area (Å²) in [5.41, 5.74) is 2.47. The number of hydrogen-bond donors (Lipinski definition) is 2. The summed E-state index contributed by atoms with van der Waals surface area (Å²) in [6, 6.07) is 13.7. The van der Waals surface area contributed by atoms with E-state index in [4.69, 9.17) is 18.9 Å². The molecule has 0 fully saturated rings. The summed E-state index contributed by atoms with van der Waals surface area (Å²) < 4.78 is 22.3. The Balaban J connectivity index is 1.39. The minimum Gasteiger partial charge on any atom is -0.497 e. The summed E-state index contributed by atoms with van der Waals surface area (Å²) in [5, 5.41) is 12.8. The third-order valence-corrected chi connectivity index (χ3v) is 7.37. The van der Waals surface area contributed by atoms with E-state index in [1.165, 1.54) is 4.90 Å².